The van der Waals surface area contributed by atoms with Crippen LogP contribution in [0.5, 0.6) is 0 Å². The van der Waals surface area contributed by atoms with E-state index in [4.69, 9.17) is 4.74 Å². The molecule has 104 valence electrons. The summed E-state index contributed by atoms with van der Waals surface area (Å²) in [6.07, 6.45) is 3.69. The smallest absolute Gasteiger partial charge is 0.0875 e. The van der Waals surface area contributed by atoms with Crippen LogP contribution >= 0.6 is 0 Å². The zero-order valence-corrected chi connectivity index (χ0v) is 11.6. The maximum absolute atomic E-state index is 5.62. The molecule has 0 aliphatic rings. The Morgan fingerprint density at radius 1 is 1.32 bits per heavy atom. The molecule has 0 spiro atoms. The number of rotatable bonds is 7. The van der Waals surface area contributed by atoms with Crippen molar-refractivity contribution < 1.29 is 4.74 Å². The molecule has 0 amide bonds. The highest BCUT2D eigenvalue weighted by Gasteiger charge is 2.08. The van der Waals surface area contributed by atoms with Crippen LogP contribution in [0.1, 0.15) is 44.0 Å². The van der Waals surface area contributed by atoms with Gasteiger partial charge in [0.25, 0.3) is 0 Å². The van der Waals surface area contributed by atoms with Crippen LogP contribution in [0.4, 0.5) is 0 Å². The maximum atomic E-state index is 5.62. The van der Waals surface area contributed by atoms with Crippen molar-refractivity contribution in [2.24, 2.45) is 0 Å². The Morgan fingerprint density at radius 3 is 2.79 bits per heavy atom. The second kappa shape index (κ2) is 6.42. The molecular weight excluding hydrogens is 244 g/mol. The summed E-state index contributed by atoms with van der Waals surface area (Å²) in [7, 11) is 0. The van der Waals surface area contributed by atoms with Gasteiger partial charge in [0.1, 0.15) is 0 Å². The Bertz CT molecular complexity index is 478. The van der Waals surface area contributed by atoms with E-state index in [-0.39, 0.29) is 5.92 Å². The second-order valence-corrected chi connectivity index (χ2v) is 4.93. The standard InChI is InChI=1S/C12H20N6O/c1-9(2)12-7-18(17-15-12)4-5-19-8-10(3)11-6-13-16-14-11/h6-7,9-10H,4-5,8H2,1-3H3,(H,13,14,16)/t10-/m1/s1. The van der Waals surface area contributed by atoms with Crippen molar-refractivity contribution in [2.45, 2.75) is 39.2 Å². The summed E-state index contributed by atoms with van der Waals surface area (Å²) in [5.41, 5.74) is 1.93. The van der Waals surface area contributed by atoms with E-state index in [1.54, 1.807) is 6.20 Å². The van der Waals surface area contributed by atoms with Gasteiger partial charge in [-0.1, -0.05) is 26.0 Å². The number of H-pyrrole nitrogens is 1. The van der Waals surface area contributed by atoms with Crippen molar-refractivity contribution in [3.63, 3.8) is 0 Å². The summed E-state index contributed by atoms with van der Waals surface area (Å²) in [4.78, 5) is 0. The van der Waals surface area contributed by atoms with Crippen LogP contribution < -0.4 is 0 Å². The SMILES string of the molecule is CC(C)c1cn(CCOC[C@@H](C)c2cn[nH]n2)nn1. The van der Waals surface area contributed by atoms with Gasteiger partial charge in [0.05, 0.1) is 37.3 Å². The summed E-state index contributed by atoms with van der Waals surface area (Å²) in [5.74, 6) is 0.641. The molecule has 0 unspecified atom stereocenters. The zero-order chi connectivity index (χ0) is 13.7. The Kier molecular flexibility index (Phi) is 4.62. The van der Waals surface area contributed by atoms with Crippen LogP contribution in [0.2, 0.25) is 0 Å². The average Bonchev–Trinajstić information content (AvgIpc) is 3.05. The van der Waals surface area contributed by atoms with Crippen LogP contribution in [0.25, 0.3) is 0 Å². The quantitative estimate of drug-likeness (QED) is 0.763. The fraction of sp³-hybridized carbons (Fsp3) is 0.667. The fourth-order valence-electron chi connectivity index (χ4n) is 1.64. The molecule has 7 nitrogen and oxygen atoms in total. The van der Waals surface area contributed by atoms with Crippen molar-refractivity contribution in [3.8, 4) is 0 Å². The molecule has 0 saturated carbocycles. The van der Waals surface area contributed by atoms with E-state index in [9.17, 15) is 0 Å². The first kappa shape index (κ1) is 13.7. The molecule has 0 aromatic carbocycles. The molecule has 2 heterocycles. The van der Waals surface area contributed by atoms with Gasteiger partial charge in [-0.3, -0.25) is 0 Å². The molecule has 0 aliphatic heterocycles. The lowest BCUT2D eigenvalue weighted by Gasteiger charge is -2.08. The monoisotopic (exact) mass is 264 g/mol. The van der Waals surface area contributed by atoms with Crippen LogP contribution in [-0.2, 0) is 11.3 Å². The number of hydrogen-bond acceptors (Lipinski definition) is 5. The molecule has 0 bridgehead atoms. The first-order valence-corrected chi connectivity index (χ1v) is 6.50. The number of nitrogens with zero attached hydrogens (tertiary/aromatic N) is 5. The predicted molar refractivity (Wildman–Crippen MR) is 69.7 cm³/mol. The van der Waals surface area contributed by atoms with Crippen LogP contribution in [0, 0.1) is 0 Å². The zero-order valence-electron chi connectivity index (χ0n) is 11.6. The third-order valence-electron chi connectivity index (χ3n) is 2.92. The van der Waals surface area contributed by atoms with Crippen molar-refractivity contribution in [2.75, 3.05) is 13.2 Å². The second-order valence-electron chi connectivity index (χ2n) is 4.93. The number of nitrogens with one attached hydrogen (secondary N) is 1. The van der Waals surface area contributed by atoms with E-state index in [0.717, 1.165) is 11.4 Å². The summed E-state index contributed by atoms with van der Waals surface area (Å²) < 4.78 is 7.44. The average molecular weight is 264 g/mol. The van der Waals surface area contributed by atoms with Gasteiger partial charge >= 0.3 is 0 Å². The topological polar surface area (TPSA) is 81.5 Å². The Labute approximate surface area is 112 Å². The lowest BCUT2D eigenvalue weighted by molar-refractivity contribution is 0.112. The van der Waals surface area contributed by atoms with Crippen molar-refractivity contribution in [1.29, 1.82) is 0 Å². The molecule has 2 aromatic rings. The van der Waals surface area contributed by atoms with Gasteiger partial charge in [0.15, 0.2) is 0 Å². The lowest BCUT2D eigenvalue weighted by Crippen LogP contribution is -2.11. The lowest BCUT2D eigenvalue weighted by atomic mass is 10.1. The highest BCUT2D eigenvalue weighted by molar-refractivity contribution is 4.99. The van der Waals surface area contributed by atoms with Gasteiger partial charge < -0.3 is 4.74 Å². The van der Waals surface area contributed by atoms with E-state index in [1.807, 2.05) is 10.9 Å². The molecule has 0 radical (unpaired) electrons. The molecule has 7 heteroatoms. The van der Waals surface area contributed by atoms with Gasteiger partial charge in [-0.05, 0) is 5.92 Å². The molecule has 0 aliphatic carbocycles. The normalized spacial score (nSPS) is 13.1. The van der Waals surface area contributed by atoms with Crippen molar-refractivity contribution in [1.82, 2.24) is 30.4 Å². The molecule has 2 rings (SSSR count). The van der Waals surface area contributed by atoms with Gasteiger partial charge in [-0.2, -0.15) is 15.4 Å². The minimum absolute atomic E-state index is 0.237. The number of hydrogen-bond donors (Lipinski definition) is 1. The summed E-state index contributed by atoms with van der Waals surface area (Å²) in [6.45, 7) is 8.21. The third kappa shape index (κ3) is 3.85. The van der Waals surface area contributed by atoms with Crippen molar-refractivity contribution in [3.05, 3.63) is 23.8 Å². The number of aromatic amines is 1. The Hall–Kier alpha value is -1.76. The minimum Gasteiger partial charge on any atom is -0.379 e. The van der Waals surface area contributed by atoms with Gasteiger partial charge in [-0.25, -0.2) is 4.68 Å². The summed E-state index contributed by atoms with van der Waals surface area (Å²) in [5, 5.41) is 18.6. The van der Waals surface area contributed by atoms with E-state index >= 15 is 0 Å². The largest absolute Gasteiger partial charge is 0.379 e. The van der Waals surface area contributed by atoms with Crippen LogP contribution in [0.15, 0.2) is 12.4 Å². The summed E-state index contributed by atoms with van der Waals surface area (Å²) >= 11 is 0. The van der Waals surface area contributed by atoms with Crippen LogP contribution in [-0.4, -0.2) is 43.6 Å². The Morgan fingerprint density at radius 2 is 2.16 bits per heavy atom. The molecular formula is C12H20N6O. The minimum atomic E-state index is 0.237. The predicted octanol–water partition coefficient (Wildman–Crippen LogP) is 1.34. The highest BCUT2D eigenvalue weighted by Crippen LogP contribution is 2.11. The molecule has 1 atom stereocenters. The first-order valence-electron chi connectivity index (χ1n) is 6.50. The fourth-order valence-corrected chi connectivity index (χ4v) is 1.64. The van der Waals surface area contributed by atoms with Crippen LogP contribution in [0.3, 0.4) is 0 Å². The Balaban J connectivity index is 1.69. The van der Waals surface area contributed by atoms with Crippen molar-refractivity contribution >= 4 is 0 Å². The number of aromatic nitrogens is 6. The van der Waals surface area contributed by atoms with E-state index in [1.165, 1.54) is 0 Å². The van der Waals surface area contributed by atoms with Gasteiger partial charge in [0, 0.05) is 12.1 Å². The van der Waals surface area contributed by atoms with Gasteiger partial charge in [0.2, 0.25) is 0 Å². The maximum Gasteiger partial charge on any atom is 0.0875 e. The molecule has 2 aromatic heterocycles. The van der Waals surface area contributed by atoms with E-state index < -0.39 is 0 Å². The van der Waals surface area contributed by atoms with Gasteiger partial charge in [-0.15, -0.1) is 5.10 Å². The van der Waals surface area contributed by atoms with E-state index in [0.29, 0.717) is 25.7 Å². The molecule has 1 N–H and O–H groups in total. The third-order valence-corrected chi connectivity index (χ3v) is 2.92. The molecule has 0 saturated heterocycles. The first-order chi connectivity index (χ1) is 9.16. The summed E-state index contributed by atoms with van der Waals surface area (Å²) in [6, 6.07) is 0. The highest BCUT2D eigenvalue weighted by atomic mass is 16.5. The molecule has 0 fully saturated rings. The number of ether oxygens (including phenoxy) is 1. The molecule has 19 heavy (non-hydrogen) atoms. The van der Waals surface area contributed by atoms with E-state index in [2.05, 4.69) is 46.5 Å².